The molecule has 1 fully saturated rings. The van der Waals surface area contributed by atoms with E-state index >= 15 is 0 Å². The van der Waals surface area contributed by atoms with Crippen molar-refractivity contribution in [3.63, 3.8) is 0 Å². The molecule has 5 nitrogen and oxygen atoms in total. The first-order chi connectivity index (χ1) is 16.6. The maximum absolute atomic E-state index is 13.8. The van der Waals surface area contributed by atoms with Gasteiger partial charge in [-0.25, -0.2) is 0 Å². The van der Waals surface area contributed by atoms with Crippen LogP contribution in [0.2, 0.25) is 0 Å². The third-order valence-electron chi connectivity index (χ3n) is 6.15. The summed E-state index contributed by atoms with van der Waals surface area (Å²) in [7, 11) is 0. The summed E-state index contributed by atoms with van der Waals surface area (Å²) in [5.41, 5.74) is 0.799. The van der Waals surface area contributed by atoms with E-state index in [0.29, 0.717) is 13.2 Å². The molecule has 1 unspecified atom stereocenters. The predicted octanol–water partition coefficient (Wildman–Crippen LogP) is 5.97. The zero-order chi connectivity index (χ0) is 23.8. The van der Waals surface area contributed by atoms with Gasteiger partial charge in [-0.05, 0) is 60.4 Å². The highest BCUT2D eigenvalue weighted by atomic mass is 32.1. The second-order valence-corrected chi connectivity index (χ2v) is 10.7. The minimum atomic E-state index is -0.702. The molecule has 34 heavy (non-hydrogen) atoms. The van der Waals surface area contributed by atoms with E-state index in [2.05, 4.69) is 5.32 Å². The SMILES string of the molecule is CCOc1ccc(C(C(=O)NC2CCCCC2)N(Cc2cccs2)C(=O)Cc2cccs2)cc1. The number of rotatable bonds is 10. The van der Waals surface area contributed by atoms with Gasteiger partial charge in [0.15, 0.2) is 0 Å². The average molecular weight is 497 g/mol. The summed E-state index contributed by atoms with van der Waals surface area (Å²) in [6.07, 6.45) is 5.77. The minimum Gasteiger partial charge on any atom is -0.494 e. The lowest BCUT2D eigenvalue weighted by molar-refractivity contribution is -0.141. The number of carbonyl (C=O) groups excluding carboxylic acids is 2. The number of hydrogen-bond donors (Lipinski definition) is 1. The Hall–Kier alpha value is -2.64. The topological polar surface area (TPSA) is 58.6 Å². The van der Waals surface area contributed by atoms with E-state index in [0.717, 1.165) is 46.8 Å². The third kappa shape index (κ3) is 6.48. The molecule has 1 aromatic carbocycles. The van der Waals surface area contributed by atoms with Crippen molar-refractivity contribution in [2.75, 3.05) is 6.61 Å². The number of ether oxygens (including phenoxy) is 1. The molecular weight excluding hydrogens is 464 g/mol. The van der Waals surface area contributed by atoms with Crippen molar-refractivity contribution >= 4 is 34.5 Å². The van der Waals surface area contributed by atoms with Crippen molar-refractivity contribution in [3.05, 3.63) is 74.6 Å². The number of nitrogens with zero attached hydrogens (tertiary/aromatic N) is 1. The first-order valence-electron chi connectivity index (χ1n) is 12.0. The smallest absolute Gasteiger partial charge is 0.247 e. The fourth-order valence-corrected chi connectivity index (χ4v) is 5.87. The average Bonchev–Trinajstić information content (AvgIpc) is 3.55. The number of nitrogens with one attached hydrogen (secondary N) is 1. The van der Waals surface area contributed by atoms with Gasteiger partial charge in [0.2, 0.25) is 11.8 Å². The predicted molar refractivity (Wildman–Crippen MR) is 138 cm³/mol. The fraction of sp³-hybridized carbons (Fsp3) is 0.407. The van der Waals surface area contributed by atoms with Crippen LogP contribution in [0, 0.1) is 0 Å². The molecule has 180 valence electrons. The van der Waals surface area contributed by atoms with Crippen molar-refractivity contribution in [3.8, 4) is 5.75 Å². The summed E-state index contributed by atoms with van der Waals surface area (Å²) >= 11 is 3.17. The first-order valence-corrected chi connectivity index (χ1v) is 13.8. The number of amides is 2. The Kier molecular flexibility index (Phi) is 8.77. The zero-order valence-corrected chi connectivity index (χ0v) is 21.2. The second kappa shape index (κ2) is 12.2. The fourth-order valence-electron chi connectivity index (χ4n) is 4.47. The van der Waals surface area contributed by atoms with Crippen LogP contribution < -0.4 is 10.1 Å². The number of benzene rings is 1. The molecule has 0 radical (unpaired) electrons. The van der Waals surface area contributed by atoms with Crippen LogP contribution in [0.25, 0.3) is 0 Å². The lowest BCUT2D eigenvalue weighted by Gasteiger charge is -2.33. The molecule has 0 spiro atoms. The van der Waals surface area contributed by atoms with Crippen molar-refractivity contribution < 1.29 is 14.3 Å². The molecule has 3 aromatic rings. The van der Waals surface area contributed by atoms with Gasteiger partial charge in [-0.2, -0.15) is 0 Å². The van der Waals surface area contributed by atoms with E-state index in [4.69, 9.17) is 4.74 Å². The Bertz CT molecular complexity index is 1030. The van der Waals surface area contributed by atoms with E-state index in [1.54, 1.807) is 27.6 Å². The van der Waals surface area contributed by atoms with E-state index in [1.807, 2.05) is 66.2 Å². The maximum Gasteiger partial charge on any atom is 0.247 e. The Morgan fingerprint density at radius 1 is 1.00 bits per heavy atom. The Balaban J connectivity index is 1.66. The molecule has 2 amide bonds. The van der Waals surface area contributed by atoms with Gasteiger partial charge in [0.05, 0.1) is 19.6 Å². The lowest BCUT2D eigenvalue weighted by Crippen LogP contribution is -2.47. The van der Waals surface area contributed by atoms with Crippen molar-refractivity contribution in [2.24, 2.45) is 0 Å². The van der Waals surface area contributed by atoms with Gasteiger partial charge in [-0.15, -0.1) is 22.7 Å². The molecule has 0 saturated heterocycles. The molecule has 7 heteroatoms. The van der Waals surface area contributed by atoms with Crippen LogP contribution in [0.1, 0.15) is 60.4 Å². The Labute approximate surface area is 209 Å². The van der Waals surface area contributed by atoms with Crippen molar-refractivity contribution in [1.29, 1.82) is 0 Å². The molecule has 1 N–H and O–H groups in total. The monoisotopic (exact) mass is 496 g/mol. The number of thiophene rings is 2. The Morgan fingerprint density at radius 2 is 1.68 bits per heavy atom. The maximum atomic E-state index is 13.8. The summed E-state index contributed by atoms with van der Waals surface area (Å²) in [5, 5.41) is 7.26. The van der Waals surface area contributed by atoms with E-state index in [1.165, 1.54) is 6.42 Å². The van der Waals surface area contributed by atoms with Gasteiger partial charge >= 0.3 is 0 Å². The molecule has 1 aliphatic carbocycles. The number of hydrogen-bond acceptors (Lipinski definition) is 5. The highest BCUT2D eigenvalue weighted by molar-refractivity contribution is 7.10. The van der Waals surface area contributed by atoms with Gasteiger partial charge in [-0.3, -0.25) is 9.59 Å². The molecule has 0 aliphatic heterocycles. The lowest BCUT2D eigenvalue weighted by atomic mass is 9.94. The Morgan fingerprint density at radius 3 is 2.29 bits per heavy atom. The van der Waals surface area contributed by atoms with Crippen LogP contribution in [0.4, 0.5) is 0 Å². The van der Waals surface area contributed by atoms with Crippen LogP contribution in [0.5, 0.6) is 5.75 Å². The van der Waals surface area contributed by atoms with E-state index in [9.17, 15) is 9.59 Å². The summed E-state index contributed by atoms with van der Waals surface area (Å²) in [5.74, 6) is 0.605. The largest absolute Gasteiger partial charge is 0.494 e. The van der Waals surface area contributed by atoms with Gasteiger partial charge in [-0.1, -0.05) is 43.5 Å². The normalized spacial score (nSPS) is 15.0. The summed E-state index contributed by atoms with van der Waals surface area (Å²) in [4.78, 5) is 31.2. The van der Waals surface area contributed by atoms with Crippen molar-refractivity contribution in [1.82, 2.24) is 10.2 Å². The van der Waals surface area contributed by atoms with E-state index in [-0.39, 0.29) is 24.3 Å². The van der Waals surface area contributed by atoms with Crippen LogP contribution >= 0.6 is 22.7 Å². The van der Waals surface area contributed by atoms with Crippen LogP contribution in [-0.2, 0) is 22.6 Å². The highest BCUT2D eigenvalue weighted by Gasteiger charge is 2.33. The molecule has 2 aromatic heterocycles. The van der Waals surface area contributed by atoms with E-state index < -0.39 is 6.04 Å². The minimum absolute atomic E-state index is 0.0477. The third-order valence-corrected chi connectivity index (χ3v) is 7.89. The summed E-state index contributed by atoms with van der Waals surface area (Å²) in [6, 6.07) is 15.0. The van der Waals surface area contributed by atoms with Gasteiger partial charge in [0, 0.05) is 15.8 Å². The molecule has 1 saturated carbocycles. The summed E-state index contributed by atoms with van der Waals surface area (Å²) < 4.78 is 5.61. The number of carbonyl (C=O) groups is 2. The highest BCUT2D eigenvalue weighted by Crippen LogP contribution is 2.29. The first kappa shape index (κ1) is 24.5. The molecule has 4 rings (SSSR count). The van der Waals surface area contributed by atoms with Gasteiger partial charge in [0.25, 0.3) is 0 Å². The molecule has 2 heterocycles. The van der Waals surface area contributed by atoms with Crippen LogP contribution in [0.15, 0.2) is 59.3 Å². The summed E-state index contributed by atoms with van der Waals surface area (Å²) in [6.45, 7) is 2.92. The molecule has 0 bridgehead atoms. The van der Waals surface area contributed by atoms with Crippen LogP contribution in [-0.4, -0.2) is 29.4 Å². The molecule has 1 aliphatic rings. The standard InChI is InChI=1S/C27H32N2O3S2/c1-2-32-22-14-12-20(13-15-22)26(27(31)28-21-8-4-3-5-9-21)29(19-24-11-7-17-34-24)25(30)18-23-10-6-16-33-23/h6-7,10-17,21,26H,2-5,8-9,18-19H2,1H3,(H,28,31). The second-order valence-electron chi connectivity index (χ2n) is 8.61. The molecular formula is C27H32N2O3S2. The zero-order valence-electron chi connectivity index (χ0n) is 19.6. The molecule has 1 atom stereocenters. The van der Waals surface area contributed by atoms with Gasteiger partial charge < -0.3 is 15.0 Å². The quantitative estimate of drug-likeness (QED) is 0.376. The van der Waals surface area contributed by atoms with Gasteiger partial charge in [0.1, 0.15) is 11.8 Å². The van der Waals surface area contributed by atoms with Crippen LogP contribution in [0.3, 0.4) is 0 Å². The van der Waals surface area contributed by atoms with Crippen molar-refractivity contribution in [2.45, 2.75) is 64.1 Å².